The van der Waals surface area contributed by atoms with Gasteiger partial charge in [-0.2, -0.15) is 0 Å². The molecule has 0 aromatic heterocycles. The SMILES string of the molecule is CCCc1ccc(OCC(CCC)CS(=O)(=O)Cl)cc1. The van der Waals surface area contributed by atoms with E-state index in [1.54, 1.807) is 0 Å². The lowest BCUT2D eigenvalue weighted by Gasteiger charge is -2.15. The van der Waals surface area contributed by atoms with Crippen LogP contribution in [0.15, 0.2) is 24.3 Å². The van der Waals surface area contributed by atoms with Gasteiger partial charge in [0.25, 0.3) is 0 Å². The lowest BCUT2D eigenvalue weighted by molar-refractivity contribution is 0.253. The van der Waals surface area contributed by atoms with Gasteiger partial charge in [0.05, 0.1) is 12.4 Å². The average molecular weight is 319 g/mol. The Kier molecular flexibility index (Phi) is 7.38. The van der Waals surface area contributed by atoms with E-state index in [-0.39, 0.29) is 11.7 Å². The molecule has 0 saturated heterocycles. The number of benzene rings is 1. The highest BCUT2D eigenvalue weighted by Crippen LogP contribution is 2.17. The first-order chi connectivity index (χ1) is 9.44. The van der Waals surface area contributed by atoms with E-state index in [1.807, 2.05) is 31.2 Å². The topological polar surface area (TPSA) is 43.4 Å². The lowest BCUT2D eigenvalue weighted by Crippen LogP contribution is -2.19. The van der Waals surface area contributed by atoms with Gasteiger partial charge in [-0.1, -0.05) is 38.8 Å². The molecule has 0 N–H and O–H groups in total. The molecule has 0 aliphatic rings. The van der Waals surface area contributed by atoms with Crippen molar-refractivity contribution in [1.82, 2.24) is 0 Å². The van der Waals surface area contributed by atoms with Crippen LogP contribution >= 0.6 is 10.7 Å². The van der Waals surface area contributed by atoms with Crippen LogP contribution in [0.3, 0.4) is 0 Å². The first-order valence-corrected chi connectivity index (χ1v) is 9.56. The van der Waals surface area contributed by atoms with E-state index in [0.717, 1.165) is 31.4 Å². The van der Waals surface area contributed by atoms with E-state index < -0.39 is 9.05 Å². The summed E-state index contributed by atoms with van der Waals surface area (Å²) >= 11 is 0. The van der Waals surface area contributed by atoms with Crippen molar-refractivity contribution in [2.75, 3.05) is 12.4 Å². The Morgan fingerprint density at radius 1 is 1.15 bits per heavy atom. The monoisotopic (exact) mass is 318 g/mol. The molecule has 1 rings (SSSR count). The van der Waals surface area contributed by atoms with Gasteiger partial charge in [0, 0.05) is 16.6 Å². The zero-order chi connectivity index (χ0) is 15.0. The standard InChI is InChI=1S/C15H23ClO3S/c1-3-5-13-7-9-15(10-8-13)19-11-14(6-4-2)12-20(16,17)18/h7-10,14H,3-6,11-12H2,1-2H3. The summed E-state index contributed by atoms with van der Waals surface area (Å²) in [6.45, 7) is 4.55. The molecule has 0 fully saturated rings. The van der Waals surface area contributed by atoms with E-state index in [2.05, 4.69) is 6.92 Å². The van der Waals surface area contributed by atoms with Crippen LogP contribution in [0.5, 0.6) is 5.75 Å². The van der Waals surface area contributed by atoms with E-state index in [1.165, 1.54) is 5.56 Å². The van der Waals surface area contributed by atoms with Crippen LogP contribution in [-0.2, 0) is 15.5 Å². The van der Waals surface area contributed by atoms with E-state index in [0.29, 0.717) is 6.61 Å². The van der Waals surface area contributed by atoms with Crippen LogP contribution in [0.4, 0.5) is 0 Å². The van der Waals surface area contributed by atoms with E-state index >= 15 is 0 Å². The smallest absolute Gasteiger partial charge is 0.232 e. The molecule has 5 heteroatoms. The molecule has 0 aliphatic carbocycles. The predicted octanol–water partition coefficient (Wildman–Crippen LogP) is 4.00. The van der Waals surface area contributed by atoms with Crippen LogP contribution < -0.4 is 4.74 Å². The molecule has 0 radical (unpaired) electrons. The second-order valence-electron chi connectivity index (χ2n) is 5.07. The molecule has 1 aromatic rings. The zero-order valence-corrected chi connectivity index (χ0v) is 13.7. The Balaban J connectivity index is 2.53. The summed E-state index contributed by atoms with van der Waals surface area (Å²) < 4.78 is 28.0. The average Bonchev–Trinajstić information content (AvgIpc) is 2.36. The lowest BCUT2D eigenvalue weighted by atomic mass is 10.1. The van der Waals surface area contributed by atoms with Gasteiger partial charge in [-0.3, -0.25) is 0 Å². The molecule has 1 aromatic carbocycles. The Bertz CT molecular complexity index is 482. The first kappa shape index (κ1) is 17.3. The molecule has 0 spiro atoms. The fourth-order valence-electron chi connectivity index (χ4n) is 2.16. The summed E-state index contributed by atoms with van der Waals surface area (Å²) in [6, 6.07) is 7.96. The molecule has 1 unspecified atom stereocenters. The van der Waals surface area contributed by atoms with Gasteiger partial charge in [0.1, 0.15) is 5.75 Å². The molecule has 0 amide bonds. The maximum Gasteiger partial charge on any atom is 0.232 e. The second-order valence-corrected chi connectivity index (χ2v) is 7.89. The van der Waals surface area contributed by atoms with Gasteiger partial charge in [-0.15, -0.1) is 0 Å². The summed E-state index contributed by atoms with van der Waals surface area (Å²) in [6.07, 6.45) is 3.88. The summed E-state index contributed by atoms with van der Waals surface area (Å²) in [5, 5.41) is 0. The zero-order valence-electron chi connectivity index (χ0n) is 12.1. The maximum absolute atomic E-state index is 11.2. The molecule has 0 bridgehead atoms. The van der Waals surface area contributed by atoms with Crippen molar-refractivity contribution in [1.29, 1.82) is 0 Å². The van der Waals surface area contributed by atoms with Gasteiger partial charge < -0.3 is 4.74 Å². The van der Waals surface area contributed by atoms with Crippen molar-refractivity contribution >= 4 is 19.7 Å². The quantitative estimate of drug-likeness (QED) is 0.646. The fourth-order valence-corrected chi connectivity index (χ4v) is 3.52. The van der Waals surface area contributed by atoms with Crippen molar-refractivity contribution in [3.8, 4) is 5.75 Å². The maximum atomic E-state index is 11.2. The van der Waals surface area contributed by atoms with Crippen LogP contribution in [0.2, 0.25) is 0 Å². The van der Waals surface area contributed by atoms with Crippen LogP contribution in [0.25, 0.3) is 0 Å². The molecule has 0 saturated carbocycles. The van der Waals surface area contributed by atoms with Crippen molar-refractivity contribution in [3.05, 3.63) is 29.8 Å². The van der Waals surface area contributed by atoms with Gasteiger partial charge in [-0.25, -0.2) is 8.42 Å². The fraction of sp³-hybridized carbons (Fsp3) is 0.600. The molecule has 1 atom stereocenters. The number of halogens is 1. The Morgan fingerprint density at radius 3 is 2.30 bits per heavy atom. The molecular formula is C15H23ClO3S. The van der Waals surface area contributed by atoms with Gasteiger partial charge >= 0.3 is 0 Å². The highest BCUT2D eigenvalue weighted by Gasteiger charge is 2.17. The normalized spacial score (nSPS) is 13.2. The number of ether oxygens (including phenoxy) is 1. The Hall–Kier alpha value is -0.740. The molecular weight excluding hydrogens is 296 g/mol. The van der Waals surface area contributed by atoms with Gasteiger partial charge in [0.15, 0.2) is 0 Å². The largest absolute Gasteiger partial charge is 0.493 e. The van der Waals surface area contributed by atoms with Crippen LogP contribution in [-0.4, -0.2) is 20.8 Å². The molecule has 0 aliphatic heterocycles. The summed E-state index contributed by atoms with van der Waals surface area (Å²) in [4.78, 5) is 0. The van der Waals surface area contributed by atoms with E-state index in [9.17, 15) is 8.42 Å². The minimum absolute atomic E-state index is 0.0314. The molecule has 20 heavy (non-hydrogen) atoms. The van der Waals surface area contributed by atoms with Crippen molar-refractivity contribution < 1.29 is 13.2 Å². The van der Waals surface area contributed by atoms with Gasteiger partial charge in [0.2, 0.25) is 9.05 Å². The molecule has 0 heterocycles. The third-order valence-corrected chi connectivity index (χ3v) is 4.33. The van der Waals surface area contributed by atoms with Gasteiger partial charge in [-0.05, 0) is 30.5 Å². The highest BCUT2D eigenvalue weighted by molar-refractivity contribution is 8.13. The minimum Gasteiger partial charge on any atom is -0.493 e. The van der Waals surface area contributed by atoms with Crippen LogP contribution in [0, 0.1) is 5.92 Å². The minimum atomic E-state index is -3.47. The molecule has 114 valence electrons. The van der Waals surface area contributed by atoms with Crippen molar-refractivity contribution in [2.24, 2.45) is 5.92 Å². The second kappa shape index (κ2) is 8.53. The third kappa shape index (κ3) is 7.15. The Morgan fingerprint density at radius 2 is 1.80 bits per heavy atom. The summed E-state index contributed by atoms with van der Waals surface area (Å²) in [5.74, 6) is 0.687. The summed E-state index contributed by atoms with van der Waals surface area (Å²) in [5.41, 5.74) is 1.29. The number of rotatable bonds is 9. The van der Waals surface area contributed by atoms with Crippen molar-refractivity contribution in [3.63, 3.8) is 0 Å². The van der Waals surface area contributed by atoms with Crippen molar-refractivity contribution in [2.45, 2.75) is 39.5 Å². The van der Waals surface area contributed by atoms with Crippen LogP contribution in [0.1, 0.15) is 38.7 Å². The number of aryl methyl sites for hydroxylation is 1. The Labute approximate surface area is 126 Å². The number of hydrogen-bond donors (Lipinski definition) is 0. The van der Waals surface area contributed by atoms with E-state index in [4.69, 9.17) is 15.4 Å². The summed E-state index contributed by atoms with van der Waals surface area (Å²) in [7, 11) is 1.85. The first-order valence-electron chi connectivity index (χ1n) is 7.08. The number of hydrogen-bond acceptors (Lipinski definition) is 3. The molecule has 3 nitrogen and oxygen atoms in total. The third-order valence-electron chi connectivity index (χ3n) is 3.08. The predicted molar refractivity (Wildman–Crippen MR) is 84.0 cm³/mol. The highest BCUT2D eigenvalue weighted by atomic mass is 35.7.